The lowest BCUT2D eigenvalue weighted by Crippen LogP contribution is -2.23. The summed E-state index contributed by atoms with van der Waals surface area (Å²) in [6, 6.07) is 18.2. The highest BCUT2D eigenvalue weighted by Crippen LogP contribution is 2.29. The molecule has 0 radical (unpaired) electrons. The molecule has 0 fully saturated rings. The van der Waals surface area contributed by atoms with Gasteiger partial charge in [-0.1, -0.05) is 48.2 Å². The summed E-state index contributed by atoms with van der Waals surface area (Å²) in [5, 5.41) is 11.1. The van der Waals surface area contributed by atoms with Crippen LogP contribution in [0.1, 0.15) is 5.56 Å². The first-order valence-electron chi connectivity index (χ1n) is 7.18. The molecule has 0 bridgehead atoms. The molecule has 0 aliphatic carbocycles. The molecule has 0 unspecified atom stereocenters. The van der Waals surface area contributed by atoms with Crippen LogP contribution >= 0.6 is 11.8 Å². The zero-order valence-electron chi connectivity index (χ0n) is 12.6. The molecule has 0 aliphatic rings. The summed E-state index contributed by atoms with van der Waals surface area (Å²) in [6.45, 7) is 0. The van der Waals surface area contributed by atoms with Gasteiger partial charge in [0.2, 0.25) is 5.91 Å². The molecule has 3 rings (SSSR count). The first kappa shape index (κ1) is 15.8. The van der Waals surface area contributed by atoms with Gasteiger partial charge in [-0.15, -0.1) is 0 Å². The van der Waals surface area contributed by atoms with Gasteiger partial charge in [0.25, 0.3) is 5.56 Å². The SMILES string of the molecule is N#Cc1c(SCC(N)=O)n(-c2ccccc2)c(=O)c2ccccc12. The number of carbonyl (C=O) groups excluding carboxylic acids is 1. The van der Waals surface area contributed by atoms with Gasteiger partial charge in [0.05, 0.1) is 11.3 Å². The molecule has 0 atom stereocenters. The summed E-state index contributed by atoms with van der Waals surface area (Å²) >= 11 is 1.10. The lowest BCUT2D eigenvalue weighted by atomic mass is 10.1. The van der Waals surface area contributed by atoms with E-state index in [9.17, 15) is 14.9 Å². The zero-order valence-corrected chi connectivity index (χ0v) is 13.4. The lowest BCUT2D eigenvalue weighted by Gasteiger charge is -2.15. The second kappa shape index (κ2) is 6.60. The Bertz CT molecular complexity index is 1020. The third-order valence-electron chi connectivity index (χ3n) is 3.52. The second-order valence-electron chi connectivity index (χ2n) is 5.07. The molecule has 24 heavy (non-hydrogen) atoms. The van der Waals surface area contributed by atoms with Crippen LogP contribution in [0.4, 0.5) is 0 Å². The highest BCUT2D eigenvalue weighted by molar-refractivity contribution is 8.00. The van der Waals surface area contributed by atoms with Crippen molar-refractivity contribution in [2.45, 2.75) is 5.03 Å². The fourth-order valence-electron chi connectivity index (χ4n) is 2.52. The number of thioether (sulfide) groups is 1. The molecule has 2 N–H and O–H groups in total. The Morgan fingerprint density at radius 3 is 2.33 bits per heavy atom. The molecule has 1 amide bonds. The Morgan fingerprint density at radius 2 is 1.71 bits per heavy atom. The minimum atomic E-state index is -0.510. The number of fused-ring (bicyclic) bond motifs is 1. The Kier molecular flexibility index (Phi) is 4.36. The Morgan fingerprint density at radius 1 is 1.08 bits per heavy atom. The molecule has 1 aromatic heterocycles. The summed E-state index contributed by atoms with van der Waals surface area (Å²) in [5.41, 5.74) is 6.00. The van der Waals surface area contributed by atoms with Crippen LogP contribution in [0.3, 0.4) is 0 Å². The van der Waals surface area contributed by atoms with Gasteiger partial charge in [-0.2, -0.15) is 5.26 Å². The number of aromatic nitrogens is 1. The number of carbonyl (C=O) groups is 1. The van der Waals surface area contributed by atoms with Crippen LogP contribution in [-0.4, -0.2) is 16.2 Å². The number of nitriles is 1. The van der Waals surface area contributed by atoms with Crippen molar-refractivity contribution in [2.24, 2.45) is 5.73 Å². The molecule has 0 spiro atoms. The van der Waals surface area contributed by atoms with Gasteiger partial charge in [-0.25, -0.2) is 0 Å². The van der Waals surface area contributed by atoms with Crippen LogP contribution in [0.25, 0.3) is 16.5 Å². The Labute approximate surface area is 142 Å². The maximum Gasteiger partial charge on any atom is 0.263 e. The number of benzene rings is 2. The van der Waals surface area contributed by atoms with Crippen molar-refractivity contribution in [3.8, 4) is 11.8 Å². The molecule has 5 nitrogen and oxygen atoms in total. The van der Waals surface area contributed by atoms with E-state index < -0.39 is 5.91 Å². The normalized spacial score (nSPS) is 10.5. The zero-order chi connectivity index (χ0) is 17.1. The summed E-state index contributed by atoms with van der Waals surface area (Å²) in [5.74, 6) is -0.525. The van der Waals surface area contributed by atoms with Gasteiger partial charge in [-0.05, 0) is 18.2 Å². The molecule has 118 valence electrons. The first-order valence-corrected chi connectivity index (χ1v) is 8.16. The topological polar surface area (TPSA) is 88.9 Å². The Balaban J connectivity index is 2.41. The van der Waals surface area contributed by atoms with E-state index >= 15 is 0 Å². The quantitative estimate of drug-likeness (QED) is 0.742. The third kappa shape index (κ3) is 2.77. The number of hydrogen-bond acceptors (Lipinski definition) is 4. The largest absolute Gasteiger partial charge is 0.369 e. The van der Waals surface area contributed by atoms with E-state index in [1.807, 2.05) is 18.2 Å². The second-order valence-corrected chi connectivity index (χ2v) is 6.03. The number of amides is 1. The molecule has 1 heterocycles. The van der Waals surface area contributed by atoms with E-state index in [0.29, 0.717) is 27.0 Å². The maximum atomic E-state index is 13.0. The van der Waals surface area contributed by atoms with Crippen LogP contribution in [0.15, 0.2) is 64.4 Å². The average molecular weight is 335 g/mol. The molecule has 0 saturated heterocycles. The number of rotatable bonds is 4. The van der Waals surface area contributed by atoms with E-state index in [0.717, 1.165) is 11.8 Å². The number of nitrogens with zero attached hydrogens (tertiary/aromatic N) is 2. The van der Waals surface area contributed by atoms with E-state index in [4.69, 9.17) is 5.73 Å². The van der Waals surface area contributed by atoms with Crippen molar-refractivity contribution in [1.82, 2.24) is 4.57 Å². The van der Waals surface area contributed by atoms with Crippen LogP contribution in [-0.2, 0) is 4.79 Å². The standard InChI is InChI=1S/C18H13N3O2S/c19-10-15-13-8-4-5-9-14(13)17(23)21(12-6-2-1-3-7-12)18(15)24-11-16(20)22/h1-9H,11H2,(H2,20,22). The molecule has 0 aliphatic heterocycles. The number of primary amides is 1. The number of nitrogens with two attached hydrogens (primary N) is 1. The van der Waals surface area contributed by atoms with Crippen molar-refractivity contribution in [1.29, 1.82) is 5.26 Å². The molecule has 0 saturated carbocycles. The van der Waals surface area contributed by atoms with Crippen molar-refractivity contribution < 1.29 is 4.79 Å². The van der Waals surface area contributed by atoms with E-state index in [1.165, 1.54) is 4.57 Å². The van der Waals surface area contributed by atoms with E-state index in [-0.39, 0.29) is 11.3 Å². The molecule has 3 aromatic rings. The van der Waals surface area contributed by atoms with Crippen molar-refractivity contribution in [3.63, 3.8) is 0 Å². The smallest absolute Gasteiger partial charge is 0.263 e. The van der Waals surface area contributed by atoms with Crippen molar-refractivity contribution in [2.75, 3.05) is 5.75 Å². The third-order valence-corrected chi connectivity index (χ3v) is 4.61. The maximum absolute atomic E-state index is 13.0. The minimum absolute atomic E-state index is 0.0146. The van der Waals surface area contributed by atoms with Crippen LogP contribution in [0, 0.1) is 11.3 Å². The fraction of sp³-hybridized carbons (Fsp3) is 0.0556. The first-order chi connectivity index (χ1) is 11.6. The van der Waals surface area contributed by atoms with Crippen molar-refractivity contribution in [3.05, 3.63) is 70.5 Å². The molecular formula is C18H13N3O2S. The number of pyridine rings is 1. The lowest BCUT2D eigenvalue weighted by molar-refractivity contribution is -0.115. The molecule has 2 aromatic carbocycles. The predicted molar refractivity (Wildman–Crippen MR) is 94.2 cm³/mol. The van der Waals surface area contributed by atoms with Crippen molar-refractivity contribution >= 4 is 28.4 Å². The molecule has 6 heteroatoms. The summed E-state index contributed by atoms with van der Waals surface area (Å²) in [4.78, 5) is 24.2. The fourth-order valence-corrected chi connectivity index (χ4v) is 3.42. The summed E-state index contributed by atoms with van der Waals surface area (Å²) in [6.07, 6.45) is 0. The van der Waals surface area contributed by atoms with Gasteiger partial charge in [0.15, 0.2) is 0 Å². The number of hydrogen-bond donors (Lipinski definition) is 1. The Hall–Kier alpha value is -3.04. The minimum Gasteiger partial charge on any atom is -0.369 e. The van der Waals surface area contributed by atoms with Gasteiger partial charge >= 0.3 is 0 Å². The van der Waals surface area contributed by atoms with Crippen LogP contribution in [0.2, 0.25) is 0 Å². The summed E-state index contributed by atoms with van der Waals surface area (Å²) in [7, 11) is 0. The van der Waals surface area contributed by atoms with E-state index in [2.05, 4.69) is 6.07 Å². The van der Waals surface area contributed by atoms with Gasteiger partial charge in [-0.3, -0.25) is 14.2 Å². The van der Waals surface area contributed by atoms with Gasteiger partial charge < -0.3 is 5.73 Å². The molecular weight excluding hydrogens is 322 g/mol. The summed E-state index contributed by atoms with van der Waals surface area (Å²) < 4.78 is 1.47. The van der Waals surface area contributed by atoms with E-state index in [1.54, 1.807) is 36.4 Å². The number of para-hydroxylation sites is 1. The highest BCUT2D eigenvalue weighted by Gasteiger charge is 2.18. The highest BCUT2D eigenvalue weighted by atomic mass is 32.2. The van der Waals surface area contributed by atoms with Crippen LogP contribution < -0.4 is 11.3 Å². The van der Waals surface area contributed by atoms with Gasteiger partial charge in [0.1, 0.15) is 11.1 Å². The predicted octanol–water partition coefficient (Wildman–Crippen LogP) is 2.44. The van der Waals surface area contributed by atoms with Gasteiger partial charge in [0, 0.05) is 16.5 Å². The monoisotopic (exact) mass is 335 g/mol. The van der Waals surface area contributed by atoms with Crippen LogP contribution in [0.5, 0.6) is 0 Å². The average Bonchev–Trinajstić information content (AvgIpc) is 2.61.